The number of nitrogens with one attached hydrogen (secondary N) is 2. The minimum absolute atomic E-state index is 0.344. The molecule has 14 heavy (non-hydrogen) atoms. The van der Waals surface area contributed by atoms with Crippen molar-refractivity contribution in [1.82, 2.24) is 9.71 Å². The minimum atomic E-state index is -3.46. The monoisotopic (exact) mass is 279 g/mol. The van der Waals surface area contributed by atoms with E-state index in [4.69, 9.17) is 0 Å². The quantitative estimate of drug-likeness (QED) is 0.868. The Labute approximate surface area is 91.2 Å². The van der Waals surface area contributed by atoms with Crippen molar-refractivity contribution in [2.24, 2.45) is 0 Å². The van der Waals surface area contributed by atoms with E-state index >= 15 is 0 Å². The number of rotatable bonds is 4. The lowest BCUT2D eigenvalue weighted by Gasteiger charge is -2.07. The van der Waals surface area contributed by atoms with Gasteiger partial charge in [-0.2, -0.15) is 13.1 Å². The summed E-state index contributed by atoms with van der Waals surface area (Å²) in [5.74, 6) is 0. The van der Waals surface area contributed by atoms with Crippen molar-refractivity contribution in [3.05, 3.63) is 22.9 Å². The van der Waals surface area contributed by atoms with Crippen LogP contribution in [0.1, 0.15) is 6.92 Å². The van der Waals surface area contributed by atoms with Crippen molar-refractivity contribution < 1.29 is 8.42 Å². The third-order valence-electron chi connectivity index (χ3n) is 1.29. The SMILES string of the molecule is CCNS(=O)(=O)Nc1cncc(Br)c1. The molecule has 0 saturated heterocycles. The Kier molecular flexibility index (Phi) is 3.85. The van der Waals surface area contributed by atoms with Gasteiger partial charge in [0.05, 0.1) is 11.9 Å². The highest BCUT2D eigenvalue weighted by Crippen LogP contribution is 2.14. The maximum atomic E-state index is 11.2. The first-order valence-electron chi connectivity index (χ1n) is 3.91. The summed E-state index contributed by atoms with van der Waals surface area (Å²) < 4.78 is 27.8. The van der Waals surface area contributed by atoms with E-state index in [9.17, 15) is 8.42 Å². The van der Waals surface area contributed by atoms with Gasteiger partial charge < -0.3 is 0 Å². The molecule has 1 rings (SSSR count). The summed E-state index contributed by atoms with van der Waals surface area (Å²) in [5, 5.41) is 0. The molecule has 0 unspecified atom stereocenters. The highest BCUT2D eigenvalue weighted by molar-refractivity contribution is 9.10. The van der Waals surface area contributed by atoms with Gasteiger partial charge in [-0.05, 0) is 22.0 Å². The van der Waals surface area contributed by atoms with E-state index in [0.29, 0.717) is 16.7 Å². The minimum Gasteiger partial charge on any atom is -0.269 e. The summed E-state index contributed by atoms with van der Waals surface area (Å²) in [7, 11) is -3.46. The topological polar surface area (TPSA) is 71.1 Å². The van der Waals surface area contributed by atoms with Gasteiger partial charge >= 0.3 is 0 Å². The second kappa shape index (κ2) is 4.72. The number of aromatic nitrogens is 1. The van der Waals surface area contributed by atoms with E-state index < -0.39 is 10.2 Å². The molecule has 0 saturated carbocycles. The summed E-state index contributed by atoms with van der Waals surface area (Å²) in [6, 6.07) is 1.63. The van der Waals surface area contributed by atoms with Crippen LogP contribution in [0.4, 0.5) is 5.69 Å². The largest absolute Gasteiger partial charge is 0.299 e. The van der Waals surface area contributed by atoms with Gasteiger partial charge in [-0.3, -0.25) is 9.71 Å². The summed E-state index contributed by atoms with van der Waals surface area (Å²) in [6.07, 6.45) is 3.00. The fourth-order valence-electron chi connectivity index (χ4n) is 0.849. The maximum Gasteiger partial charge on any atom is 0.299 e. The normalized spacial score (nSPS) is 11.3. The van der Waals surface area contributed by atoms with Gasteiger partial charge in [-0.1, -0.05) is 6.92 Å². The smallest absolute Gasteiger partial charge is 0.269 e. The van der Waals surface area contributed by atoms with Gasteiger partial charge in [0.2, 0.25) is 0 Å². The molecule has 1 heterocycles. The average Bonchev–Trinajstić information content (AvgIpc) is 2.02. The van der Waals surface area contributed by atoms with Gasteiger partial charge in [0.25, 0.3) is 10.2 Å². The zero-order chi connectivity index (χ0) is 10.6. The molecule has 0 atom stereocenters. The van der Waals surface area contributed by atoms with Crippen LogP contribution in [0.3, 0.4) is 0 Å². The molecule has 0 radical (unpaired) electrons. The van der Waals surface area contributed by atoms with E-state index in [1.807, 2.05) is 0 Å². The number of hydrogen-bond acceptors (Lipinski definition) is 3. The number of anilines is 1. The molecular formula is C7H10BrN3O2S. The van der Waals surface area contributed by atoms with Gasteiger partial charge in [-0.25, -0.2) is 0 Å². The van der Waals surface area contributed by atoms with Crippen LogP contribution in [0.2, 0.25) is 0 Å². The molecule has 5 nitrogen and oxygen atoms in total. The lowest BCUT2D eigenvalue weighted by atomic mass is 10.4. The molecule has 7 heteroatoms. The molecule has 0 amide bonds. The fourth-order valence-corrected chi connectivity index (χ4v) is 2.09. The number of pyridine rings is 1. The first kappa shape index (κ1) is 11.4. The van der Waals surface area contributed by atoms with Crippen LogP contribution in [0, 0.1) is 0 Å². The van der Waals surface area contributed by atoms with E-state index in [1.54, 1.807) is 19.2 Å². The molecule has 1 aromatic rings. The second-order valence-electron chi connectivity index (χ2n) is 2.50. The van der Waals surface area contributed by atoms with Gasteiger partial charge in [0, 0.05) is 17.2 Å². The van der Waals surface area contributed by atoms with Crippen molar-refractivity contribution in [3.8, 4) is 0 Å². The predicted molar refractivity (Wildman–Crippen MR) is 58.2 cm³/mol. The molecule has 0 spiro atoms. The Morgan fingerprint density at radius 3 is 2.79 bits per heavy atom. The lowest BCUT2D eigenvalue weighted by molar-refractivity contribution is 0.589. The Balaban J connectivity index is 2.79. The van der Waals surface area contributed by atoms with Crippen LogP contribution in [0.15, 0.2) is 22.9 Å². The van der Waals surface area contributed by atoms with Crippen molar-refractivity contribution in [1.29, 1.82) is 0 Å². The molecular weight excluding hydrogens is 270 g/mol. The van der Waals surface area contributed by atoms with Crippen LogP contribution in [0.25, 0.3) is 0 Å². The fraction of sp³-hybridized carbons (Fsp3) is 0.286. The molecule has 1 aromatic heterocycles. The molecule has 0 aromatic carbocycles. The third-order valence-corrected chi connectivity index (χ3v) is 2.90. The van der Waals surface area contributed by atoms with Crippen LogP contribution < -0.4 is 9.44 Å². The van der Waals surface area contributed by atoms with E-state index in [2.05, 4.69) is 30.4 Å². The first-order valence-corrected chi connectivity index (χ1v) is 6.19. The molecule has 0 fully saturated rings. The van der Waals surface area contributed by atoms with Crippen molar-refractivity contribution in [3.63, 3.8) is 0 Å². The van der Waals surface area contributed by atoms with Gasteiger partial charge in [0.1, 0.15) is 0 Å². The molecule has 0 aliphatic heterocycles. The highest BCUT2D eigenvalue weighted by Gasteiger charge is 2.07. The van der Waals surface area contributed by atoms with Crippen LogP contribution in [-0.2, 0) is 10.2 Å². The zero-order valence-electron chi connectivity index (χ0n) is 7.49. The average molecular weight is 280 g/mol. The number of nitrogens with zero attached hydrogens (tertiary/aromatic N) is 1. The maximum absolute atomic E-state index is 11.2. The standard InChI is InChI=1S/C7H10BrN3O2S/c1-2-10-14(12,13)11-7-3-6(8)4-9-5-7/h3-5,10-11H,2H2,1H3. The number of halogens is 1. The summed E-state index contributed by atoms with van der Waals surface area (Å²) >= 11 is 3.19. The van der Waals surface area contributed by atoms with Gasteiger partial charge in [-0.15, -0.1) is 0 Å². The van der Waals surface area contributed by atoms with E-state index in [0.717, 1.165) is 0 Å². The predicted octanol–water partition coefficient (Wildman–Crippen LogP) is 1.11. The third kappa shape index (κ3) is 3.60. The molecule has 0 bridgehead atoms. The van der Waals surface area contributed by atoms with Crippen LogP contribution >= 0.6 is 15.9 Å². The molecule has 2 N–H and O–H groups in total. The van der Waals surface area contributed by atoms with Gasteiger partial charge in [0.15, 0.2) is 0 Å². The Morgan fingerprint density at radius 2 is 2.21 bits per heavy atom. The summed E-state index contributed by atoms with van der Waals surface area (Å²) in [4.78, 5) is 3.83. The van der Waals surface area contributed by atoms with Crippen molar-refractivity contribution >= 4 is 31.8 Å². The van der Waals surface area contributed by atoms with Crippen LogP contribution in [-0.4, -0.2) is 19.9 Å². The lowest BCUT2D eigenvalue weighted by Crippen LogP contribution is -2.29. The van der Waals surface area contributed by atoms with Crippen LogP contribution in [0.5, 0.6) is 0 Å². The second-order valence-corrected chi connectivity index (χ2v) is 4.91. The summed E-state index contributed by atoms with van der Waals surface area (Å²) in [6.45, 7) is 2.05. The Hall–Kier alpha value is -0.660. The Bertz CT molecular complexity index is 407. The zero-order valence-corrected chi connectivity index (χ0v) is 9.89. The van der Waals surface area contributed by atoms with E-state index in [-0.39, 0.29) is 0 Å². The molecule has 78 valence electrons. The van der Waals surface area contributed by atoms with Crippen molar-refractivity contribution in [2.45, 2.75) is 6.92 Å². The summed E-state index contributed by atoms with van der Waals surface area (Å²) in [5.41, 5.74) is 0.417. The van der Waals surface area contributed by atoms with E-state index in [1.165, 1.54) is 6.20 Å². The molecule has 0 aliphatic rings. The first-order chi connectivity index (χ1) is 6.53. The highest BCUT2D eigenvalue weighted by atomic mass is 79.9. The van der Waals surface area contributed by atoms with Crippen molar-refractivity contribution in [2.75, 3.05) is 11.3 Å². The number of hydrogen-bond donors (Lipinski definition) is 2. The molecule has 0 aliphatic carbocycles. The Morgan fingerprint density at radius 1 is 1.50 bits per heavy atom.